The van der Waals surface area contributed by atoms with Gasteiger partial charge in [0, 0.05) is 0 Å². The van der Waals surface area contributed by atoms with E-state index in [0.29, 0.717) is 0 Å². The van der Waals surface area contributed by atoms with E-state index in [1.807, 2.05) is 0 Å². The summed E-state index contributed by atoms with van der Waals surface area (Å²) < 4.78 is 1.38. The Kier molecular flexibility index (Phi) is 2.41. The van der Waals surface area contributed by atoms with E-state index in [-0.39, 0.29) is 0 Å². The number of hydrogen-bond donors (Lipinski definition) is 0. The molecular formula is C10H14Se. The van der Waals surface area contributed by atoms with Crippen molar-refractivity contribution in [3.63, 3.8) is 0 Å². The molecule has 0 radical (unpaired) electrons. The van der Waals surface area contributed by atoms with Crippen molar-refractivity contribution in [2.45, 2.75) is 27.7 Å². The average Bonchev–Trinajstić information content (AvgIpc) is 1.97. The second-order valence-corrected chi connectivity index (χ2v) is 4.05. The van der Waals surface area contributed by atoms with Gasteiger partial charge in [0.15, 0.2) is 0 Å². The summed E-state index contributed by atoms with van der Waals surface area (Å²) in [5, 5.41) is 0. The summed E-state index contributed by atoms with van der Waals surface area (Å²) in [6, 6.07) is 2.25. The molecular weight excluding hydrogens is 199 g/mol. The molecule has 1 aromatic carbocycles. The normalized spacial score (nSPS) is 10.3. The van der Waals surface area contributed by atoms with Gasteiger partial charge in [0.05, 0.1) is 0 Å². The zero-order chi connectivity index (χ0) is 8.59. The van der Waals surface area contributed by atoms with Gasteiger partial charge in [-0.05, 0) is 0 Å². The van der Waals surface area contributed by atoms with Crippen molar-refractivity contribution in [2.75, 3.05) is 0 Å². The monoisotopic (exact) mass is 214 g/mol. The Bertz CT molecular complexity index is 261. The van der Waals surface area contributed by atoms with Gasteiger partial charge in [0.25, 0.3) is 0 Å². The quantitative estimate of drug-likeness (QED) is 0.572. The Labute approximate surface area is 76.8 Å². The molecule has 0 saturated carbocycles. The van der Waals surface area contributed by atoms with Gasteiger partial charge in [-0.3, -0.25) is 0 Å². The molecule has 0 bridgehead atoms. The molecule has 0 aromatic heterocycles. The molecule has 0 saturated heterocycles. The molecule has 0 N–H and O–H groups in total. The first-order chi connectivity index (χ1) is 5.04. The van der Waals surface area contributed by atoms with E-state index in [9.17, 15) is 0 Å². The van der Waals surface area contributed by atoms with Gasteiger partial charge in [-0.1, -0.05) is 0 Å². The van der Waals surface area contributed by atoms with Gasteiger partial charge in [-0.2, -0.15) is 0 Å². The Morgan fingerprint density at radius 2 is 1.45 bits per heavy atom. The zero-order valence-electron chi connectivity index (χ0n) is 7.52. The van der Waals surface area contributed by atoms with Crippen LogP contribution in [0.5, 0.6) is 0 Å². The summed E-state index contributed by atoms with van der Waals surface area (Å²) in [6.45, 7) is 8.69. The molecule has 0 atom stereocenters. The van der Waals surface area contributed by atoms with Crippen LogP contribution in [0.3, 0.4) is 0 Å². The first kappa shape index (κ1) is 8.83. The third-order valence-corrected chi connectivity index (χ3v) is 3.76. The SMILES string of the molecule is Cc1cc(C)c([SeH])c(C)c1C. The molecule has 0 fully saturated rings. The maximum atomic E-state index is 2.65. The molecule has 0 amide bonds. The molecule has 0 heterocycles. The Morgan fingerprint density at radius 1 is 0.909 bits per heavy atom. The van der Waals surface area contributed by atoms with Crippen LogP contribution in [0, 0.1) is 27.7 Å². The molecule has 0 aliphatic carbocycles. The standard InChI is InChI=1S/C10H14Se/c1-6-5-7(2)10(11)9(4)8(6)3/h5,11H,1-4H3. The summed E-state index contributed by atoms with van der Waals surface area (Å²) in [5.41, 5.74) is 5.62. The van der Waals surface area contributed by atoms with E-state index in [1.54, 1.807) is 0 Å². The Balaban J connectivity index is 3.46. The molecule has 11 heavy (non-hydrogen) atoms. The number of aryl methyl sites for hydroxylation is 2. The Morgan fingerprint density at radius 3 is 2.00 bits per heavy atom. The fraction of sp³-hybridized carbons (Fsp3) is 0.400. The van der Waals surface area contributed by atoms with E-state index >= 15 is 0 Å². The van der Waals surface area contributed by atoms with Gasteiger partial charge in [-0.15, -0.1) is 0 Å². The summed E-state index contributed by atoms with van der Waals surface area (Å²) in [5.74, 6) is 0. The van der Waals surface area contributed by atoms with Gasteiger partial charge in [0.1, 0.15) is 0 Å². The van der Waals surface area contributed by atoms with E-state index in [4.69, 9.17) is 0 Å². The topological polar surface area (TPSA) is 0 Å². The van der Waals surface area contributed by atoms with Crippen LogP contribution in [0.2, 0.25) is 0 Å². The van der Waals surface area contributed by atoms with Crippen LogP contribution < -0.4 is 4.46 Å². The predicted octanol–water partition coefficient (Wildman–Crippen LogP) is 1.45. The van der Waals surface area contributed by atoms with E-state index < -0.39 is 0 Å². The van der Waals surface area contributed by atoms with Crippen LogP contribution in [0.15, 0.2) is 6.07 Å². The summed E-state index contributed by atoms with van der Waals surface area (Å²) >= 11 is 2.65. The molecule has 0 unspecified atom stereocenters. The Hall–Kier alpha value is -0.261. The maximum absolute atomic E-state index is 2.65. The second-order valence-electron chi connectivity index (χ2n) is 3.11. The van der Waals surface area contributed by atoms with Crippen LogP contribution >= 0.6 is 0 Å². The van der Waals surface area contributed by atoms with Crippen molar-refractivity contribution in [3.8, 4) is 0 Å². The second kappa shape index (κ2) is 3.00. The minimum atomic E-state index is 1.38. The van der Waals surface area contributed by atoms with E-state index in [1.165, 1.54) is 26.7 Å². The van der Waals surface area contributed by atoms with E-state index in [2.05, 4.69) is 49.8 Å². The third-order valence-electron chi connectivity index (χ3n) is 2.32. The van der Waals surface area contributed by atoms with Crippen molar-refractivity contribution in [1.29, 1.82) is 0 Å². The van der Waals surface area contributed by atoms with Crippen molar-refractivity contribution >= 4 is 20.5 Å². The summed E-state index contributed by atoms with van der Waals surface area (Å²) in [7, 11) is 0. The van der Waals surface area contributed by atoms with E-state index in [0.717, 1.165) is 0 Å². The fourth-order valence-electron chi connectivity index (χ4n) is 1.27. The molecule has 0 nitrogen and oxygen atoms in total. The molecule has 1 heteroatoms. The molecule has 60 valence electrons. The molecule has 1 aromatic rings. The first-order valence-electron chi connectivity index (χ1n) is 3.80. The zero-order valence-corrected chi connectivity index (χ0v) is 9.40. The van der Waals surface area contributed by atoms with Crippen molar-refractivity contribution in [3.05, 3.63) is 28.3 Å². The van der Waals surface area contributed by atoms with Crippen LogP contribution in [0.1, 0.15) is 22.3 Å². The number of benzene rings is 1. The van der Waals surface area contributed by atoms with Crippen LogP contribution in [-0.2, 0) is 0 Å². The number of rotatable bonds is 0. The van der Waals surface area contributed by atoms with Gasteiger partial charge in [-0.25, -0.2) is 0 Å². The minimum absolute atomic E-state index is 1.38. The van der Waals surface area contributed by atoms with Crippen LogP contribution in [0.25, 0.3) is 0 Å². The van der Waals surface area contributed by atoms with Crippen LogP contribution in [-0.4, -0.2) is 16.0 Å². The summed E-state index contributed by atoms with van der Waals surface area (Å²) in [6.07, 6.45) is 0. The molecule has 0 spiro atoms. The fourth-order valence-corrected chi connectivity index (χ4v) is 1.76. The molecule has 0 aliphatic heterocycles. The van der Waals surface area contributed by atoms with Gasteiger partial charge in [0.2, 0.25) is 0 Å². The number of hydrogen-bond acceptors (Lipinski definition) is 0. The van der Waals surface area contributed by atoms with Crippen molar-refractivity contribution in [1.82, 2.24) is 0 Å². The third kappa shape index (κ3) is 1.50. The van der Waals surface area contributed by atoms with Crippen molar-refractivity contribution < 1.29 is 0 Å². The molecule has 0 aliphatic rings. The van der Waals surface area contributed by atoms with Gasteiger partial charge >= 0.3 is 76.5 Å². The van der Waals surface area contributed by atoms with Crippen LogP contribution in [0.4, 0.5) is 0 Å². The van der Waals surface area contributed by atoms with Gasteiger partial charge < -0.3 is 0 Å². The first-order valence-corrected chi connectivity index (χ1v) is 4.74. The van der Waals surface area contributed by atoms with Crippen molar-refractivity contribution in [2.24, 2.45) is 0 Å². The molecule has 1 rings (SSSR count). The average molecular weight is 213 g/mol. The predicted molar refractivity (Wildman–Crippen MR) is 52.2 cm³/mol. The summed E-state index contributed by atoms with van der Waals surface area (Å²) in [4.78, 5) is 0.